The molecule has 2 rings (SSSR count). The second kappa shape index (κ2) is 19.0. The van der Waals surface area contributed by atoms with E-state index in [1.165, 1.54) is 30.3 Å². The van der Waals surface area contributed by atoms with Gasteiger partial charge in [-0.05, 0) is 37.0 Å². The van der Waals surface area contributed by atoms with Gasteiger partial charge in [-0.1, -0.05) is 71.4 Å². The van der Waals surface area contributed by atoms with Crippen LogP contribution in [-0.4, -0.2) is 28.8 Å². The fourth-order valence-corrected chi connectivity index (χ4v) is 4.01. The molecule has 2 aromatic rings. The molecule has 0 aliphatic heterocycles. The van der Waals surface area contributed by atoms with E-state index in [9.17, 15) is 29.3 Å². The van der Waals surface area contributed by atoms with Gasteiger partial charge in [-0.15, -0.1) is 0 Å². The topological polar surface area (TPSA) is 148 Å². The Morgan fingerprint density at radius 2 is 1.19 bits per heavy atom. The molecule has 11 heteroatoms. The van der Waals surface area contributed by atoms with Gasteiger partial charge >= 0.3 is 23.9 Å². The Hall–Kier alpha value is -4.28. The van der Waals surface area contributed by atoms with E-state index in [1.54, 1.807) is 6.07 Å². The fourth-order valence-electron chi connectivity index (χ4n) is 4.01. The summed E-state index contributed by atoms with van der Waals surface area (Å²) in [5.74, 6) is -3.50. The van der Waals surface area contributed by atoms with E-state index in [2.05, 4.69) is 0 Å². The molecule has 0 heterocycles. The Bertz CT molecular complexity index is 1210. The number of benzene rings is 2. The molecule has 0 N–H and O–H groups in total. The van der Waals surface area contributed by atoms with Crippen LogP contribution >= 0.6 is 0 Å². The third-order valence-electron chi connectivity index (χ3n) is 6.36. The first-order chi connectivity index (χ1) is 20.7. The van der Waals surface area contributed by atoms with Crippen molar-refractivity contribution in [1.29, 1.82) is 0 Å². The molecular weight excluding hydrogens is 558 g/mol. The summed E-state index contributed by atoms with van der Waals surface area (Å²) in [6.45, 7) is 5.69. The van der Waals surface area contributed by atoms with Crippen LogP contribution in [0.15, 0.2) is 36.4 Å². The lowest BCUT2D eigenvalue weighted by Gasteiger charge is -2.16. The summed E-state index contributed by atoms with van der Waals surface area (Å²) in [6.07, 6.45) is 7.08. The summed E-state index contributed by atoms with van der Waals surface area (Å²) >= 11 is 0. The minimum atomic E-state index is -0.876. The van der Waals surface area contributed by atoms with Crippen molar-refractivity contribution in [3.8, 4) is 17.2 Å². The summed E-state index contributed by atoms with van der Waals surface area (Å²) in [5.41, 5.74) is 0.0856. The number of carbonyl (C=O) groups excluding carboxylic acids is 4. The number of carbonyl (C=O) groups is 4. The van der Waals surface area contributed by atoms with Gasteiger partial charge in [-0.2, -0.15) is 0 Å². The number of unbranched alkanes of at least 4 members (excludes halogenated alkanes) is 6. The molecule has 11 nitrogen and oxygen atoms in total. The van der Waals surface area contributed by atoms with Crippen LogP contribution in [0.4, 0.5) is 5.69 Å². The van der Waals surface area contributed by atoms with Gasteiger partial charge in [0.1, 0.15) is 6.61 Å². The first-order valence-electron chi connectivity index (χ1n) is 14.9. The van der Waals surface area contributed by atoms with Gasteiger partial charge in [-0.25, -0.2) is 4.79 Å². The monoisotopic (exact) mass is 599 g/mol. The van der Waals surface area contributed by atoms with Crippen molar-refractivity contribution in [2.75, 3.05) is 0 Å². The van der Waals surface area contributed by atoms with Crippen LogP contribution in [0.3, 0.4) is 0 Å². The van der Waals surface area contributed by atoms with E-state index in [4.69, 9.17) is 18.9 Å². The third-order valence-corrected chi connectivity index (χ3v) is 6.36. The van der Waals surface area contributed by atoms with Crippen molar-refractivity contribution < 1.29 is 43.0 Å². The van der Waals surface area contributed by atoms with Gasteiger partial charge in [0.05, 0.1) is 10.5 Å². The molecule has 0 spiro atoms. The zero-order valence-electron chi connectivity index (χ0n) is 25.2. The van der Waals surface area contributed by atoms with Crippen molar-refractivity contribution in [3.05, 3.63) is 57.6 Å². The maximum atomic E-state index is 13.1. The van der Waals surface area contributed by atoms with E-state index < -0.39 is 28.8 Å². The summed E-state index contributed by atoms with van der Waals surface area (Å²) < 4.78 is 22.0. The molecule has 234 valence electrons. The zero-order valence-corrected chi connectivity index (χ0v) is 25.2. The van der Waals surface area contributed by atoms with E-state index in [0.29, 0.717) is 24.8 Å². The Kier molecular flexibility index (Phi) is 15.4. The summed E-state index contributed by atoms with van der Waals surface area (Å²) in [4.78, 5) is 61.7. The number of non-ortho nitro benzene ring substituents is 1. The van der Waals surface area contributed by atoms with Crippen LogP contribution in [0.5, 0.6) is 17.2 Å². The number of ether oxygens (including phenoxy) is 4. The highest BCUT2D eigenvalue weighted by atomic mass is 16.6. The second-order valence-electron chi connectivity index (χ2n) is 10.1. The number of hydrogen-bond acceptors (Lipinski definition) is 10. The van der Waals surface area contributed by atoms with Gasteiger partial charge in [-0.3, -0.25) is 24.5 Å². The Balaban J connectivity index is 2.44. The van der Waals surface area contributed by atoms with Gasteiger partial charge in [0, 0.05) is 31.4 Å². The number of rotatable bonds is 19. The predicted molar refractivity (Wildman–Crippen MR) is 158 cm³/mol. The van der Waals surface area contributed by atoms with Gasteiger partial charge in [0.15, 0.2) is 11.5 Å². The molecule has 0 saturated carbocycles. The van der Waals surface area contributed by atoms with Crippen molar-refractivity contribution in [2.24, 2.45) is 0 Å². The fraction of sp³-hybridized carbons (Fsp3) is 0.500. The molecule has 2 aromatic carbocycles. The highest BCUT2D eigenvalue weighted by Crippen LogP contribution is 2.40. The summed E-state index contributed by atoms with van der Waals surface area (Å²) in [7, 11) is 0. The lowest BCUT2D eigenvalue weighted by atomic mass is 10.1. The van der Waals surface area contributed by atoms with Crippen LogP contribution in [-0.2, 0) is 25.7 Å². The molecule has 43 heavy (non-hydrogen) atoms. The van der Waals surface area contributed by atoms with Crippen molar-refractivity contribution in [3.63, 3.8) is 0 Å². The van der Waals surface area contributed by atoms with E-state index in [1.807, 2.05) is 20.8 Å². The number of nitrogens with zero attached hydrogens (tertiary/aromatic N) is 1. The Labute approximate surface area is 252 Å². The average molecular weight is 600 g/mol. The summed E-state index contributed by atoms with van der Waals surface area (Å²) in [5, 5.41) is 11.1. The SMILES string of the molecule is CCCCCC(=O)Oc1cc(C(=O)OCc2cccc([N+](=O)[O-])c2)cc(OC(=O)CCCCC)c1OC(=O)CCCCC. The van der Waals surface area contributed by atoms with Crippen LogP contribution < -0.4 is 14.2 Å². The zero-order chi connectivity index (χ0) is 31.6. The lowest BCUT2D eigenvalue weighted by molar-refractivity contribution is -0.384. The molecule has 0 aliphatic carbocycles. The molecular formula is C32H41NO10. The first-order valence-corrected chi connectivity index (χ1v) is 14.9. The first kappa shape index (κ1) is 34.9. The van der Waals surface area contributed by atoms with E-state index in [0.717, 1.165) is 38.5 Å². The average Bonchev–Trinajstić information content (AvgIpc) is 2.97. The van der Waals surface area contributed by atoms with Crippen LogP contribution in [0.2, 0.25) is 0 Å². The van der Waals surface area contributed by atoms with Gasteiger partial charge in [0.25, 0.3) is 5.69 Å². The molecule has 0 atom stereocenters. The number of hydrogen-bond donors (Lipinski definition) is 0. The van der Waals surface area contributed by atoms with Gasteiger partial charge in [0.2, 0.25) is 5.75 Å². The minimum absolute atomic E-state index is 0.0886. The van der Waals surface area contributed by atoms with Crippen molar-refractivity contribution in [1.82, 2.24) is 0 Å². The van der Waals surface area contributed by atoms with Gasteiger partial charge < -0.3 is 18.9 Å². The third kappa shape index (κ3) is 12.6. The van der Waals surface area contributed by atoms with Crippen LogP contribution in [0.25, 0.3) is 0 Å². The van der Waals surface area contributed by atoms with Crippen LogP contribution in [0.1, 0.15) is 114 Å². The van der Waals surface area contributed by atoms with Crippen LogP contribution in [0, 0.1) is 10.1 Å². The smallest absolute Gasteiger partial charge is 0.338 e. The Morgan fingerprint density at radius 3 is 1.65 bits per heavy atom. The largest absolute Gasteiger partial charge is 0.457 e. The van der Waals surface area contributed by atoms with Crippen molar-refractivity contribution in [2.45, 2.75) is 104 Å². The molecule has 0 amide bonds. The second-order valence-corrected chi connectivity index (χ2v) is 10.1. The standard InChI is InChI=1S/C32H41NO10/c1-4-7-10-16-28(34)41-26-20-24(32(37)40-22-23-14-13-15-25(19-23)33(38)39)21-27(42-29(35)17-11-8-5-2)31(26)43-30(36)18-12-9-6-3/h13-15,19-21H,4-12,16-18,22H2,1-3H3. The number of nitro groups is 1. The molecule has 0 unspecified atom stereocenters. The number of esters is 4. The normalized spacial score (nSPS) is 10.6. The molecule has 0 radical (unpaired) electrons. The molecule has 0 fully saturated rings. The molecule has 0 aliphatic rings. The maximum Gasteiger partial charge on any atom is 0.338 e. The van der Waals surface area contributed by atoms with E-state index in [-0.39, 0.29) is 54.4 Å². The van der Waals surface area contributed by atoms with Crippen molar-refractivity contribution >= 4 is 29.6 Å². The highest BCUT2D eigenvalue weighted by molar-refractivity contribution is 5.92. The quantitative estimate of drug-likeness (QED) is 0.0525. The highest BCUT2D eigenvalue weighted by Gasteiger charge is 2.25. The lowest BCUT2D eigenvalue weighted by Crippen LogP contribution is -2.16. The molecule has 0 bridgehead atoms. The summed E-state index contributed by atoms with van der Waals surface area (Å²) in [6, 6.07) is 8.01. The Morgan fingerprint density at radius 1 is 0.698 bits per heavy atom. The molecule has 0 saturated heterocycles. The molecule has 0 aromatic heterocycles. The predicted octanol–water partition coefficient (Wildman–Crippen LogP) is 7.41. The minimum Gasteiger partial charge on any atom is -0.457 e. The maximum absolute atomic E-state index is 13.1. The van der Waals surface area contributed by atoms with E-state index >= 15 is 0 Å². The number of nitro benzene ring substituents is 1.